The molecule has 0 radical (unpaired) electrons. The van der Waals surface area contributed by atoms with E-state index < -0.39 is 0 Å². The molecule has 5 heteroatoms. The second kappa shape index (κ2) is 5.55. The van der Waals surface area contributed by atoms with Gasteiger partial charge in [0.1, 0.15) is 6.33 Å². The summed E-state index contributed by atoms with van der Waals surface area (Å²) in [7, 11) is 0. The van der Waals surface area contributed by atoms with Crippen LogP contribution in [0.1, 0.15) is 24.8 Å². The van der Waals surface area contributed by atoms with Gasteiger partial charge in [0.25, 0.3) is 0 Å². The molecule has 1 aliphatic carbocycles. The molecule has 2 rings (SSSR count). The van der Waals surface area contributed by atoms with E-state index in [2.05, 4.69) is 20.6 Å². The third kappa shape index (κ3) is 3.94. The van der Waals surface area contributed by atoms with Crippen LogP contribution in [0.3, 0.4) is 0 Å². The average Bonchev–Trinajstić information content (AvgIpc) is 3.10. The van der Waals surface area contributed by atoms with Crippen LogP contribution in [0.5, 0.6) is 0 Å². The Kier molecular flexibility index (Phi) is 3.82. The number of nitrogens with zero attached hydrogens (tertiary/aromatic N) is 2. The molecule has 0 bridgehead atoms. The van der Waals surface area contributed by atoms with E-state index in [-0.39, 0.29) is 5.91 Å². The van der Waals surface area contributed by atoms with Crippen molar-refractivity contribution in [1.82, 2.24) is 20.6 Å². The Morgan fingerprint density at radius 3 is 2.81 bits per heavy atom. The molecule has 1 aromatic heterocycles. The van der Waals surface area contributed by atoms with Crippen LogP contribution in [0, 0.1) is 0 Å². The van der Waals surface area contributed by atoms with E-state index in [9.17, 15) is 4.79 Å². The first-order chi connectivity index (χ1) is 7.84. The molecule has 0 unspecified atom stereocenters. The number of hydrogen-bond acceptors (Lipinski definition) is 4. The molecule has 1 heterocycles. The zero-order valence-corrected chi connectivity index (χ0v) is 9.15. The molecule has 16 heavy (non-hydrogen) atoms. The van der Waals surface area contributed by atoms with Crippen molar-refractivity contribution in [2.24, 2.45) is 0 Å². The summed E-state index contributed by atoms with van der Waals surface area (Å²) in [4.78, 5) is 19.2. The molecule has 0 spiro atoms. The van der Waals surface area contributed by atoms with Gasteiger partial charge in [0.15, 0.2) is 0 Å². The average molecular weight is 220 g/mol. The van der Waals surface area contributed by atoms with Crippen molar-refractivity contribution in [1.29, 1.82) is 0 Å². The molecule has 1 aliphatic rings. The summed E-state index contributed by atoms with van der Waals surface area (Å²) >= 11 is 0. The predicted octanol–water partition coefficient (Wildman–Crippen LogP) is 0.235. The zero-order chi connectivity index (χ0) is 11.2. The Morgan fingerprint density at radius 2 is 2.12 bits per heavy atom. The summed E-state index contributed by atoms with van der Waals surface area (Å²) in [6.45, 7) is 1.39. The van der Waals surface area contributed by atoms with Gasteiger partial charge in [-0.2, -0.15) is 0 Å². The Bertz CT molecular complexity index is 337. The first kappa shape index (κ1) is 11.0. The van der Waals surface area contributed by atoms with E-state index in [4.69, 9.17) is 0 Å². The van der Waals surface area contributed by atoms with Crippen molar-refractivity contribution in [3.63, 3.8) is 0 Å². The summed E-state index contributed by atoms with van der Waals surface area (Å²) in [5, 5.41) is 6.13. The predicted molar refractivity (Wildman–Crippen MR) is 59.5 cm³/mol. The van der Waals surface area contributed by atoms with Crippen LogP contribution in [0.15, 0.2) is 18.7 Å². The van der Waals surface area contributed by atoms with Crippen molar-refractivity contribution in [3.05, 3.63) is 24.3 Å². The van der Waals surface area contributed by atoms with E-state index in [1.54, 1.807) is 12.4 Å². The minimum absolute atomic E-state index is 0.138. The van der Waals surface area contributed by atoms with Gasteiger partial charge in [0.05, 0.1) is 0 Å². The molecule has 0 atom stereocenters. The fourth-order valence-electron chi connectivity index (χ4n) is 1.38. The van der Waals surface area contributed by atoms with Crippen molar-refractivity contribution in [3.8, 4) is 0 Å². The molecule has 1 aromatic rings. The summed E-state index contributed by atoms with van der Waals surface area (Å²) in [6, 6.07) is 0.454. The molecule has 5 nitrogen and oxygen atoms in total. The van der Waals surface area contributed by atoms with Gasteiger partial charge in [-0.25, -0.2) is 9.97 Å². The topological polar surface area (TPSA) is 66.9 Å². The third-order valence-corrected chi connectivity index (χ3v) is 2.41. The molecule has 86 valence electrons. The van der Waals surface area contributed by atoms with Crippen molar-refractivity contribution >= 4 is 5.91 Å². The molecular weight excluding hydrogens is 204 g/mol. The second-order valence-electron chi connectivity index (χ2n) is 4.02. The minimum Gasteiger partial charge on any atom is -0.353 e. The number of rotatable bonds is 6. The van der Waals surface area contributed by atoms with E-state index in [0.29, 0.717) is 25.6 Å². The summed E-state index contributed by atoms with van der Waals surface area (Å²) < 4.78 is 0. The second-order valence-corrected chi connectivity index (χ2v) is 4.02. The number of aromatic nitrogens is 2. The quantitative estimate of drug-likeness (QED) is 0.674. The Balaban J connectivity index is 1.56. The molecule has 1 amide bonds. The maximum atomic E-state index is 11.3. The maximum absolute atomic E-state index is 11.3. The Morgan fingerprint density at radius 1 is 1.38 bits per heavy atom. The van der Waals surface area contributed by atoms with Gasteiger partial charge in [0, 0.05) is 43.5 Å². The van der Waals surface area contributed by atoms with Crippen LogP contribution in [-0.4, -0.2) is 28.5 Å². The van der Waals surface area contributed by atoms with Crippen LogP contribution in [0.2, 0.25) is 0 Å². The van der Waals surface area contributed by atoms with Crippen LogP contribution in [-0.2, 0) is 11.3 Å². The Hall–Kier alpha value is -1.49. The highest BCUT2D eigenvalue weighted by Gasteiger charge is 2.22. The highest BCUT2D eigenvalue weighted by Crippen LogP contribution is 2.18. The fourth-order valence-corrected chi connectivity index (χ4v) is 1.38. The normalized spacial score (nSPS) is 14.8. The van der Waals surface area contributed by atoms with E-state index in [1.807, 2.05) is 0 Å². The zero-order valence-electron chi connectivity index (χ0n) is 9.15. The van der Waals surface area contributed by atoms with Gasteiger partial charge in [-0.3, -0.25) is 4.79 Å². The van der Waals surface area contributed by atoms with E-state index in [0.717, 1.165) is 18.4 Å². The molecule has 1 saturated carbocycles. The standard InChI is InChI=1S/C11H16N4O/c16-11(15-10-1-2-10)3-4-12-5-9-6-13-8-14-7-9/h6-8,10,12H,1-5H2,(H,15,16). The monoisotopic (exact) mass is 220 g/mol. The molecule has 2 N–H and O–H groups in total. The molecule has 0 aromatic carbocycles. The summed E-state index contributed by atoms with van der Waals surface area (Å²) in [5.74, 6) is 0.138. The number of hydrogen-bond donors (Lipinski definition) is 2. The fraction of sp³-hybridized carbons (Fsp3) is 0.545. The first-order valence-corrected chi connectivity index (χ1v) is 5.58. The van der Waals surface area contributed by atoms with Crippen molar-refractivity contribution in [2.75, 3.05) is 6.54 Å². The van der Waals surface area contributed by atoms with Crippen LogP contribution >= 0.6 is 0 Å². The van der Waals surface area contributed by atoms with E-state index in [1.165, 1.54) is 6.33 Å². The number of nitrogens with one attached hydrogen (secondary N) is 2. The molecule has 0 aliphatic heterocycles. The van der Waals surface area contributed by atoms with Crippen LogP contribution < -0.4 is 10.6 Å². The van der Waals surface area contributed by atoms with Gasteiger partial charge in [0.2, 0.25) is 5.91 Å². The van der Waals surface area contributed by atoms with Crippen molar-refractivity contribution < 1.29 is 4.79 Å². The van der Waals surface area contributed by atoms with Gasteiger partial charge < -0.3 is 10.6 Å². The lowest BCUT2D eigenvalue weighted by Gasteiger charge is -2.04. The van der Waals surface area contributed by atoms with Crippen LogP contribution in [0.4, 0.5) is 0 Å². The third-order valence-electron chi connectivity index (χ3n) is 2.41. The lowest BCUT2D eigenvalue weighted by atomic mass is 10.3. The smallest absolute Gasteiger partial charge is 0.221 e. The minimum atomic E-state index is 0.138. The van der Waals surface area contributed by atoms with Gasteiger partial charge in [-0.15, -0.1) is 0 Å². The highest BCUT2D eigenvalue weighted by molar-refractivity contribution is 5.76. The van der Waals surface area contributed by atoms with Gasteiger partial charge in [-0.05, 0) is 12.8 Å². The SMILES string of the molecule is O=C(CCNCc1cncnc1)NC1CC1. The molecular formula is C11H16N4O. The lowest BCUT2D eigenvalue weighted by molar-refractivity contribution is -0.121. The van der Waals surface area contributed by atoms with E-state index >= 15 is 0 Å². The number of carbonyl (C=O) groups is 1. The Labute approximate surface area is 94.7 Å². The summed E-state index contributed by atoms with van der Waals surface area (Å²) in [6.07, 6.45) is 7.85. The maximum Gasteiger partial charge on any atom is 0.221 e. The molecule has 1 fully saturated rings. The first-order valence-electron chi connectivity index (χ1n) is 5.58. The van der Waals surface area contributed by atoms with Crippen LogP contribution in [0.25, 0.3) is 0 Å². The highest BCUT2D eigenvalue weighted by atomic mass is 16.1. The van der Waals surface area contributed by atoms with Gasteiger partial charge >= 0.3 is 0 Å². The van der Waals surface area contributed by atoms with Gasteiger partial charge in [-0.1, -0.05) is 0 Å². The summed E-state index contributed by atoms with van der Waals surface area (Å²) in [5.41, 5.74) is 1.03. The lowest BCUT2D eigenvalue weighted by Crippen LogP contribution is -2.29. The van der Waals surface area contributed by atoms with Crippen molar-refractivity contribution in [2.45, 2.75) is 31.8 Å². The molecule has 0 saturated heterocycles. The number of amides is 1. The number of carbonyl (C=O) groups excluding carboxylic acids is 1. The largest absolute Gasteiger partial charge is 0.353 e.